The number of amides is 3. The van der Waals surface area contributed by atoms with Crippen LogP contribution in [-0.2, 0) is 38.6 Å². The summed E-state index contributed by atoms with van der Waals surface area (Å²) in [5, 5.41) is 30.2. The van der Waals surface area contributed by atoms with Crippen LogP contribution < -0.4 is 21.3 Å². The first-order valence-corrected chi connectivity index (χ1v) is 13.5. The Balaban J connectivity index is 1.71. The van der Waals surface area contributed by atoms with Gasteiger partial charge in [0, 0.05) is 23.5 Å². The number of carboxylic acid groups (broad SMARTS) is 1. The summed E-state index contributed by atoms with van der Waals surface area (Å²) in [5.74, 6) is -2.88. The van der Waals surface area contributed by atoms with Crippen LogP contribution >= 0.6 is 25.3 Å². The Labute approximate surface area is 238 Å². The van der Waals surface area contributed by atoms with Gasteiger partial charge in [-0.05, 0) is 49.1 Å². The molecule has 6 N–H and O–H groups in total. The molecule has 0 saturated heterocycles. The lowest BCUT2D eigenvalue weighted by atomic mass is 9.95. The number of rotatable bonds is 11. The molecule has 0 saturated carbocycles. The standard InChI is InChI=1S/C27H34N4O6S2/c1-27(2,39)22(26(36)37)31-24(34)20(10-15-6-4-3-5-7-15)29-25(35)21(14-38)30-23(33)19-12-16-8-9-18(32)11-17(16)13-28-19/h3-9,11,19-22,28,32,38-39H,10,12-14H2,1-2H3,(H,29,35)(H,30,33)(H,31,34)(H,36,37)/t19-,20-,21+,22-/m0/s1. The molecule has 0 fully saturated rings. The fourth-order valence-electron chi connectivity index (χ4n) is 4.27. The van der Waals surface area contributed by atoms with Gasteiger partial charge in [-0.3, -0.25) is 14.4 Å². The van der Waals surface area contributed by atoms with E-state index in [1.807, 2.05) is 6.07 Å². The molecule has 3 rings (SSSR count). The largest absolute Gasteiger partial charge is 0.508 e. The van der Waals surface area contributed by atoms with Crippen LogP contribution in [0.5, 0.6) is 5.75 Å². The quantitative estimate of drug-likeness (QED) is 0.185. The third-order valence-electron chi connectivity index (χ3n) is 6.44. The number of hydrogen-bond acceptors (Lipinski definition) is 8. The summed E-state index contributed by atoms with van der Waals surface area (Å²) < 4.78 is -1.07. The van der Waals surface area contributed by atoms with Crippen molar-refractivity contribution >= 4 is 48.9 Å². The van der Waals surface area contributed by atoms with Crippen molar-refractivity contribution in [3.05, 3.63) is 65.2 Å². The number of fused-ring (bicyclic) bond motifs is 1. The van der Waals surface area contributed by atoms with Gasteiger partial charge in [-0.2, -0.15) is 25.3 Å². The van der Waals surface area contributed by atoms with Crippen molar-refractivity contribution in [2.45, 2.75) is 62.1 Å². The number of aromatic hydroxyl groups is 1. The Hall–Kier alpha value is -3.22. The summed E-state index contributed by atoms with van der Waals surface area (Å²) in [7, 11) is 0. The van der Waals surface area contributed by atoms with Gasteiger partial charge in [0.05, 0.1) is 6.04 Å². The van der Waals surface area contributed by atoms with E-state index in [4.69, 9.17) is 0 Å². The van der Waals surface area contributed by atoms with Crippen LogP contribution in [0.2, 0.25) is 0 Å². The lowest BCUT2D eigenvalue weighted by molar-refractivity contribution is -0.143. The van der Waals surface area contributed by atoms with E-state index >= 15 is 0 Å². The van der Waals surface area contributed by atoms with Crippen molar-refractivity contribution in [2.24, 2.45) is 0 Å². The number of carboxylic acids is 1. The maximum Gasteiger partial charge on any atom is 0.327 e. The van der Waals surface area contributed by atoms with E-state index < -0.39 is 52.6 Å². The molecule has 12 heteroatoms. The number of phenols is 1. The van der Waals surface area contributed by atoms with Crippen LogP contribution in [0.4, 0.5) is 0 Å². The van der Waals surface area contributed by atoms with Gasteiger partial charge in [-0.25, -0.2) is 4.79 Å². The number of benzene rings is 2. The molecule has 1 heterocycles. The minimum atomic E-state index is -1.31. The molecule has 0 bridgehead atoms. The molecule has 0 aliphatic carbocycles. The number of aliphatic carboxylic acids is 1. The first-order chi connectivity index (χ1) is 18.4. The maximum absolute atomic E-state index is 13.2. The summed E-state index contributed by atoms with van der Waals surface area (Å²) in [6.07, 6.45) is 0.469. The van der Waals surface area contributed by atoms with Gasteiger partial charge in [0.2, 0.25) is 17.7 Å². The molecule has 4 atom stereocenters. The number of carbonyl (C=O) groups excluding carboxylic acids is 3. The Morgan fingerprint density at radius 2 is 1.67 bits per heavy atom. The van der Waals surface area contributed by atoms with Gasteiger partial charge in [0.25, 0.3) is 0 Å². The molecular formula is C27H34N4O6S2. The first-order valence-electron chi connectivity index (χ1n) is 12.4. The zero-order chi connectivity index (χ0) is 28.7. The highest BCUT2D eigenvalue weighted by Gasteiger charge is 2.36. The Bertz CT molecular complexity index is 1200. The molecule has 0 unspecified atom stereocenters. The van der Waals surface area contributed by atoms with Crippen molar-refractivity contribution in [1.29, 1.82) is 0 Å². The topological polar surface area (TPSA) is 157 Å². The highest BCUT2D eigenvalue weighted by molar-refractivity contribution is 7.81. The number of phenolic OH excluding ortho intramolecular Hbond substituents is 1. The molecule has 0 aromatic heterocycles. The van der Waals surface area contributed by atoms with Gasteiger partial charge in [-0.1, -0.05) is 36.4 Å². The molecule has 2 aromatic carbocycles. The molecule has 3 amide bonds. The Morgan fingerprint density at radius 1 is 1.00 bits per heavy atom. The van der Waals surface area contributed by atoms with Crippen LogP contribution in [0, 0.1) is 0 Å². The van der Waals surface area contributed by atoms with Crippen molar-refractivity contribution in [3.63, 3.8) is 0 Å². The van der Waals surface area contributed by atoms with E-state index in [0.717, 1.165) is 16.7 Å². The molecule has 210 valence electrons. The molecule has 0 spiro atoms. The van der Waals surface area contributed by atoms with Crippen molar-refractivity contribution in [2.75, 3.05) is 5.75 Å². The van der Waals surface area contributed by atoms with Crippen LogP contribution in [0.15, 0.2) is 48.5 Å². The van der Waals surface area contributed by atoms with Crippen LogP contribution in [-0.4, -0.2) is 68.6 Å². The summed E-state index contributed by atoms with van der Waals surface area (Å²) in [6.45, 7) is 3.50. The highest BCUT2D eigenvalue weighted by atomic mass is 32.1. The monoisotopic (exact) mass is 574 g/mol. The smallest absolute Gasteiger partial charge is 0.327 e. The normalized spacial score (nSPS) is 17.2. The second-order valence-corrected chi connectivity index (χ2v) is 11.5. The SMILES string of the molecule is CC(C)(S)[C@@H](NC(=O)[C@H](Cc1ccccc1)NC(=O)[C@@H](CS)NC(=O)[C@@H]1Cc2ccc(O)cc2CN1)C(=O)O. The maximum atomic E-state index is 13.2. The number of hydrogen-bond donors (Lipinski definition) is 8. The lowest BCUT2D eigenvalue weighted by Crippen LogP contribution is -2.60. The fourth-order valence-corrected chi connectivity index (χ4v) is 4.70. The zero-order valence-corrected chi connectivity index (χ0v) is 23.5. The highest BCUT2D eigenvalue weighted by Crippen LogP contribution is 2.22. The third-order valence-corrected chi connectivity index (χ3v) is 7.06. The van der Waals surface area contributed by atoms with Gasteiger partial charge in [-0.15, -0.1) is 0 Å². The lowest BCUT2D eigenvalue weighted by Gasteiger charge is -2.30. The summed E-state index contributed by atoms with van der Waals surface area (Å²) in [6, 6.07) is 9.84. The second kappa shape index (κ2) is 13.2. The predicted octanol–water partition coefficient (Wildman–Crippen LogP) is 0.826. The summed E-state index contributed by atoms with van der Waals surface area (Å²) in [5.41, 5.74) is 2.55. The second-order valence-electron chi connectivity index (χ2n) is 10.0. The molecular weight excluding hydrogens is 540 g/mol. The van der Waals surface area contributed by atoms with E-state index in [9.17, 15) is 29.4 Å². The minimum absolute atomic E-state index is 0.0319. The van der Waals surface area contributed by atoms with Crippen LogP contribution in [0.25, 0.3) is 0 Å². The Morgan fingerprint density at radius 3 is 2.28 bits per heavy atom. The van der Waals surface area contributed by atoms with Gasteiger partial charge < -0.3 is 31.5 Å². The molecule has 2 aromatic rings. The molecule has 1 aliphatic heterocycles. The average molecular weight is 575 g/mol. The van der Waals surface area contributed by atoms with Crippen molar-refractivity contribution < 1.29 is 29.4 Å². The fraction of sp³-hybridized carbons (Fsp3) is 0.407. The van der Waals surface area contributed by atoms with E-state index in [1.165, 1.54) is 0 Å². The zero-order valence-electron chi connectivity index (χ0n) is 21.7. The predicted molar refractivity (Wildman–Crippen MR) is 153 cm³/mol. The average Bonchev–Trinajstić information content (AvgIpc) is 2.88. The summed E-state index contributed by atoms with van der Waals surface area (Å²) >= 11 is 8.53. The van der Waals surface area contributed by atoms with E-state index in [0.29, 0.717) is 13.0 Å². The van der Waals surface area contributed by atoms with Gasteiger partial charge in [0.15, 0.2) is 0 Å². The third kappa shape index (κ3) is 8.38. The van der Waals surface area contributed by atoms with Gasteiger partial charge in [0.1, 0.15) is 23.9 Å². The molecule has 1 aliphatic rings. The number of nitrogens with one attached hydrogen (secondary N) is 4. The van der Waals surface area contributed by atoms with Crippen molar-refractivity contribution in [3.8, 4) is 5.75 Å². The Kier molecular flexibility index (Phi) is 10.3. The van der Waals surface area contributed by atoms with Crippen LogP contribution in [0.1, 0.15) is 30.5 Å². The molecule has 39 heavy (non-hydrogen) atoms. The number of thiol groups is 2. The minimum Gasteiger partial charge on any atom is -0.508 e. The van der Waals surface area contributed by atoms with E-state index in [-0.39, 0.29) is 17.9 Å². The molecule has 0 radical (unpaired) electrons. The van der Waals surface area contributed by atoms with E-state index in [1.54, 1.807) is 56.3 Å². The first kappa shape index (κ1) is 30.3. The molecule has 10 nitrogen and oxygen atoms in total. The van der Waals surface area contributed by atoms with Crippen LogP contribution in [0.3, 0.4) is 0 Å². The van der Waals surface area contributed by atoms with Crippen molar-refractivity contribution in [1.82, 2.24) is 21.3 Å². The van der Waals surface area contributed by atoms with E-state index in [2.05, 4.69) is 46.5 Å². The number of carbonyl (C=O) groups is 4. The van der Waals surface area contributed by atoms with Gasteiger partial charge >= 0.3 is 5.97 Å². The summed E-state index contributed by atoms with van der Waals surface area (Å²) in [4.78, 5) is 51.2.